The number of hydrogen-bond donors (Lipinski definition) is 1. The molecule has 0 atom stereocenters. The molecule has 1 aromatic heterocycles. The van der Waals surface area contributed by atoms with E-state index in [1.165, 1.54) is 0 Å². The van der Waals surface area contributed by atoms with E-state index in [1.807, 2.05) is 28.8 Å². The molecule has 0 radical (unpaired) electrons. The SMILES string of the molecule is Nc1nc2ccccc2n1C1=NCCS1. The summed E-state index contributed by atoms with van der Waals surface area (Å²) in [5.74, 6) is 1.55. The number of nitrogens with two attached hydrogens (primary N) is 1. The van der Waals surface area contributed by atoms with Crippen LogP contribution < -0.4 is 5.73 Å². The number of aromatic nitrogens is 2. The van der Waals surface area contributed by atoms with Crippen LogP contribution in [0.3, 0.4) is 0 Å². The van der Waals surface area contributed by atoms with E-state index in [-0.39, 0.29) is 0 Å². The third-order valence-electron chi connectivity index (χ3n) is 2.35. The summed E-state index contributed by atoms with van der Waals surface area (Å²) in [4.78, 5) is 8.72. The predicted octanol–water partition coefficient (Wildman–Crippen LogP) is 1.57. The van der Waals surface area contributed by atoms with E-state index in [4.69, 9.17) is 5.73 Å². The highest BCUT2D eigenvalue weighted by molar-refractivity contribution is 8.14. The smallest absolute Gasteiger partial charge is 0.207 e. The van der Waals surface area contributed by atoms with Crippen LogP contribution in [0.25, 0.3) is 11.0 Å². The Morgan fingerprint density at radius 1 is 1.33 bits per heavy atom. The lowest BCUT2D eigenvalue weighted by Crippen LogP contribution is -2.09. The molecule has 1 aliphatic heterocycles. The van der Waals surface area contributed by atoms with Gasteiger partial charge in [0.25, 0.3) is 0 Å². The molecule has 0 saturated carbocycles. The highest BCUT2D eigenvalue weighted by Gasteiger charge is 2.15. The second-order valence-corrected chi connectivity index (χ2v) is 4.37. The van der Waals surface area contributed by atoms with Gasteiger partial charge in [0.1, 0.15) is 0 Å². The van der Waals surface area contributed by atoms with Crippen LogP contribution in [0.2, 0.25) is 0 Å². The van der Waals surface area contributed by atoms with Gasteiger partial charge in [0.05, 0.1) is 17.6 Å². The fourth-order valence-corrected chi connectivity index (χ4v) is 2.57. The summed E-state index contributed by atoms with van der Waals surface area (Å²) in [6.07, 6.45) is 0. The lowest BCUT2D eigenvalue weighted by Gasteiger charge is -2.03. The number of thioether (sulfide) groups is 1. The third-order valence-corrected chi connectivity index (χ3v) is 3.30. The Balaban J connectivity index is 2.28. The molecule has 1 aromatic carbocycles. The minimum Gasteiger partial charge on any atom is -0.369 e. The molecule has 4 nitrogen and oxygen atoms in total. The molecular formula is C10H10N4S. The summed E-state index contributed by atoms with van der Waals surface area (Å²) >= 11 is 1.72. The highest BCUT2D eigenvalue weighted by atomic mass is 32.2. The number of nitrogens with zero attached hydrogens (tertiary/aromatic N) is 3. The van der Waals surface area contributed by atoms with Crippen LogP contribution in [0, 0.1) is 0 Å². The summed E-state index contributed by atoms with van der Waals surface area (Å²) in [7, 11) is 0. The van der Waals surface area contributed by atoms with Gasteiger partial charge in [-0.1, -0.05) is 23.9 Å². The second-order valence-electron chi connectivity index (χ2n) is 3.31. The lowest BCUT2D eigenvalue weighted by molar-refractivity contribution is 1.13. The maximum absolute atomic E-state index is 5.89. The van der Waals surface area contributed by atoms with Crippen molar-refractivity contribution < 1.29 is 0 Å². The van der Waals surface area contributed by atoms with Crippen molar-refractivity contribution in [3.05, 3.63) is 24.3 Å². The normalized spacial score (nSPS) is 15.9. The molecule has 0 spiro atoms. The van der Waals surface area contributed by atoms with Crippen molar-refractivity contribution in [3.8, 4) is 0 Å². The van der Waals surface area contributed by atoms with Gasteiger partial charge in [0.15, 0.2) is 5.17 Å². The van der Waals surface area contributed by atoms with E-state index in [0.29, 0.717) is 5.95 Å². The van der Waals surface area contributed by atoms with Gasteiger partial charge in [-0.2, -0.15) is 0 Å². The molecule has 2 aromatic rings. The van der Waals surface area contributed by atoms with Gasteiger partial charge in [0, 0.05) is 5.75 Å². The molecular weight excluding hydrogens is 208 g/mol. The Bertz CT molecular complexity index is 543. The summed E-state index contributed by atoms with van der Waals surface area (Å²) in [5.41, 5.74) is 7.84. The van der Waals surface area contributed by atoms with E-state index >= 15 is 0 Å². The molecule has 0 fully saturated rings. The van der Waals surface area contributed by atoms with Crippen LogP contribution >= 0.6 is 11.8 Å². The largest absolute Gasteiger partial charge is 0.369 e. The number of anilines is 1. The van der Waals surface area contributed by atoms with Crippen LogP contribution in [0.4, 0.5) is 5.95 Å². The standard InChI is InChI=1S/C10H10N4S/c11-9-13-7-3-1-2-4-8(7)14(9)10-12-5-6-15-10/h1-4H,5-6H2,(H2,11,13). The Kier molecular flexibility index (Phi) is 1.92. The minimum atomic E-state index is 0.518. The van der Waals surface area contributed by atoms with Gasteiger partial charge in [-0.15, -0.1) is 0 Å². The van der Waals surface area contributed by atoms with Crippen molar-refractivity contribution in [1.29, 1.82) is 0 Å². The molecule has 0 amide bonds. The zero-order valence-corrected chi connectivity index (χ0v) is 8.87. The number of nitrogen functional groups attached to an aromatic ring is 1. The molecule has 0 unspecified atom stereocenters. The Hall–Kier alpha value is -1.49. The van der Waals surface area contributed by atoms with Gasteiger partial charge >= 0.3 is 0 Å². The summed E-state index contributed by atoms with van der Waals surface area (Å²) in [6, 6.07) is 7.92. The van der Waals surface area contributed by atoms with Crippen molar-refractivity contribution in [1.82, 2.24) is 9.55 Å². The van der Waals surface area contributed by atoms with Gasteiger partial charge in [-0.25, -0.2) is 4.98 Å². The minimum absolute atomic E-state index is 0.518. The second kappa shape index (κ2) is 3.27. The number of fused-ring (bicyclic) bond motifs is 1. The number of benzene rings is 1. The van der Waals surface area contributed by atoms with Crippen LogP contribution in [0.5, 0.6) is 0 Å². The fraction of sp³-hybridized carbons (Fsp3) is 0.200. The molecule has 0 bridgehead atoms. The number of hydrogen-bond acceptors (Lipinski definition) is 4. The molecule has 5 heteroatoms. The molecule has 76 valence electrons. The Morgan fingerprint density at radius 3 is 3.00 bits per heavy atom. The van der Waals surface area contributed by atoms with Crippen molar-refractivity contribution in [2.45, 2.75) is 0 Å². The fourth-order valence-electron chi connectivity index (χ4n) is 1.70. The van der Waals surface area contributed by atoms with Crippen LogP contribution in [0.15, 0.2) is 29.3 Å². The molecule has 3 rings (SSSR count). The topological polar surface area (TPSA) is 56.2 Å². The van der Waals surface area contributed by atoms with E-state index in [0.717, 1.165) is 28.5 Å². The lowest BCUT2D eigenvalue weighted by atomic mass is 10.3. The van der Waals surface area contributed by atoms with Gasteiger partial charge in [0.2, 0.25) is 5.95 Å². The van der Waals surface area contributed by atoms with Crippen LogP contribution in [-0.4, -0.2) is 27.0 Å². The number of para-hydroxylation sites is 2. The first-order valence-electron chi connectivity index (χ1n) is 4.77. The predicted molar refractivity (Wildman–Crippen MR) is 64.3 cm³/mol. The number of rotatable bonds is 0. The van der Waals surface area contributed by atoms with Crippen molar-refractivity contribution >= 4 is 33.9 Å². The molecule has 2 heterocycles. The molecule has 0 aliphatic carbocycles. The molecule has 15 heavy (non-hydrogen) atoms. The van der Waals surface area contributed by atoms with Gasteiger partial charge < -0.3 is 5.73 Å². The third kappa shape index (κ3) is 1.31. The van der Waals surface area contributed by atoms with E-state index in [9.17, 15) is 0 Å². The zero-order valence-electron chi connectivity index (χ0n) is 8.05. The van der Waals surface area contributed by atoms with Gasteiger partial charge in [-0.05, 0) is 12.1 Å². The molecule has 2 N–H and O–H groups in total. The average Bonchev–Trinajstić information content (AvgIpc) is 2.82. The first kappa shape index (κ1) is 8.79. The molecule has 0 saturated heterocycles. The van der Waals surface area contributed by atoms with Crippen molar-refractivity contribution in [3.63, 3.8) is 0 Å². The number of aliphatic imine (C=N–C) groups is 1. The Morgan fingerprint density at radius 2 is 2.20 bits per heavy atom. The van der Waals surface area contributed by atoms with Crippen molar-refractivity contribution in [2.75, 3.05) is 18.0 Å². The first-order valence-corrected chi connectivity index (χ1v) is 5.75. The van der Waals surface area contributed by atoms with Gasteiger partial charge in [-0.3, -0.25) is 9.56 Å². The highest BCUT2D eigenvalue weighted by Crippen LogP contribution is 2.23. The van der Waals surface area contributed by atoms with Crippen molar-refractivity contribution in [2.24, 2.45) is 4.99 Å². The van der Waals surface area contributed by atoms with E-state index < -0.39 is 0 Å². The van der Waals surface area contributed by atoms with Crippen LogP contribution in [-0.2, 0) is 0 Å². The molecule has 1 aliphatic rings. The zero-order chi connectivity index (χ0) is 10.3. The Labute approximate surface area is 91.2 Å². The maximum atomic E-state index is 5.89. The number of imidazole rings is 1. The quantitative estimate of drug-likeness (QED) is 0.730. The summed E-state index contributed by atoms with van der Waals surface area (Å²) < 4.78 is 1.92. The van der Waals surface area contributed by atoms with E-state index in [1.54, 1.807) is 11.8 Å². The summed E-state index contributed by atoms with van der Waals surface area (Å²) in [5, 5.41) is 0.959. The summed E-state index contributed by atoms with van der Waals surface area (Å²) in [6.45, 7) is 0.867. The maximum Gasteiger partial charge on any atom is 0.207 e. The van der Waals surface area contributed by atoms with Crippen LogP contribution in [0.1, 0.15) is 0 Å². The first-order chi connectivity index (χ1) is 7.36. The average molecular weight is 218 g/mol. The van der Waals surface area contributed by atoms with E-state index in [2.05, 4.69) is 9.98 Å². The monoisotopic (exact) mass is 218 g/mol.